The van der Waals surface area contributed by atoms with Gasteiger partial charge in [0.2, 0.25) is 0 Å². The molecule has 5 heteroatoms. The van der Waals surface area contributed by atoms with Gasteiger partial charge in [-0.05, 0) is 53.1 Å². The SMILES string of the molecule is Fc1ccc(/C(Br)=C/C(/C=C(/Br)c2ccc(F)cc2)c2ccc(F)cc2)cc1. The van der Waals surface area contributed by atoms with Crippen LogP contribution in [-0.4, -0.2) is 0 Å². The van der Waals surface area contributed by atoms with Crippen LogP contribution in [0.5, 0.6) is 0 Å². The van der Waals surface area contributed by atoms with Crippen LogP contribution < -0.4 is 0 Å². The highest BCUT2D eigenvalue weighted by molar-refractivity contribution is 9.15. The first-order valence-electron chi connectivity index (χ1n) is 8.44. The molecule has 0 aromatic heterocycles. The van der Waals surface area contributed by atoms with Crippen LogP contribution in [0.4, 0.5) is 13.2 Å². The fraction of sp³-hybridized carbons (Fsp3) is 0.0435. The van der Waals surface area contributed by atoms with Crippen molar-refractivity contribution in [3.8, 4) is 0 Å². The van der Waals surface area contributed by atoms with Crippen molar-refractivity contribution >= 4 is 40.8 Å². The minimum Gasteiger partial charge on any atom is -0.207 e. The molecule has 0 radical (unpaired) electrons. The van der Waals surface area contributed by atoms with Crippen molar-refractivity contribution in [2.75, 3.05) is 0 Å². The van der Waals surface area contributed by atoms with Gasteiger partial charge in [0.25, 0.3) is 0 Å². The first-order valence-corrected chi connectivity index (χ1v) is 10.0. The third-order valence-electron chi connectivity index (χ3n) is 4.15. The van der Waals surface area contributed by atoms with E-state index in [1.54, 1.807) is 36.4 Å². The summed E-state index contributed by atoms with van der Waals surface area (Å²) in [7, 11) is 0. The summed E-state index contributed by atoms with van der Waals surface area (Å²) in [5, 5.41) is 0. The summed E-state index contributed by atoms with van der Waals surface area (Å²) < 4.78 is 41.3. The highest BCUT2D eigenvalue weighted by atomic mass is 79.9. The Morgan fingerprint density at radius 1 is 0.571 bits per heavy atom. The molecule has 0 spiro atoms. The van der Waals surface area contributed by atoms with E-state index in [9.17, 15) is 13.2 Å². The van der Waals surface area contributed by atoms with Crippen LogP contribution in [0.15, 0.2) is 84.9 Å². The summed E-state index contributed by atoms with van der Waals surface area (Å²) >= 11 is 7.10. The molecular formula is C23H15Br2F3. The van der Waals surface area contributed by atoms with Gasteiger partial charge in [-0.1, -0.05) is 80.4 Å². The normalized spacial score (nSPS) is 13.5. The first-order chi connectivity index (χ1) is 13.4. The van der Waals surface area contributed by atoms with Crippen molar-refractivity contribution in [1.82, 2.24) is 0 Å². The van der Waals surface area contributed by atoms with E-state index in [2.05, 4.69) is 31.9 Å². The lowest BCUT2D eigenvalue weighted by Crippen LogP contribution is -1.94. The van der Waals surface area contributed by atoms with Crippen LogP contribution in [-0.2, 0) is 0 Å². The zero-order valence-electron chi connectivity index (χ0n) is 14.6. The zero-order chi connectivity index (χ0) is 20.1. The maximum Gasteiger partial charge on any atom is 0.123 e. The van der Waals surface area contributed by atoms with E-state index < -0.39 is 0 Å². The van der Waals surface area contributed by atoms with Crippen molar-refractivity contribution in [3.05, 3.63) is 119 Å². The molecule has 3 aromatic rings. The van der Waals surface area contributed by atoms with Gasteiger partial charge in [-0.2, -0.15) is 0 Å². The minimum absolute atomic E-state index is 0.209. The van der Waals surface area contributed by atoms with Gasteiger partial charge in [0.05, 0.1) is 0 Å². The standard InChI is InChI=1S/C23H15Br2F3/c24-22(16-3-9-20(27)10-4-16)13-18(15-1-7-19(26)8-2-15)14-23(25)17-5-11-21(28)12-6-17/h1-14,18H/b22-13-,23-14+. The molecule has 0 fully saturated rings. The molecule has 3 rings (SSSR count). The van der Waals surface area contributed by atoms with Crippen LogP contribution in [0.3, 0.4) is 0 Å². The molecule has 0 aliphatic carbocycles. The van der Waals surface area contributed by atoms with E-state index in [1.165, 1.54) is 36.4 Å². The van der Waals surface area contributed by atoms with Crippen molar-refractivity contribution in [1.29, 1.82) is 0 Å². The molecule has 28 heavy (non-hydrogen) atoms. The molecular weight excluding hydrogens is 493 g/mol. The minimum atomic E-state index is -0.314. The van der Waals surface area contributed by atoms with Gasteiger partial charge in [0.1, 0.15) is 17.5 Å². The third kappa shape index (κ3) is 5.46. The fourth-order valence-electron chi connectivity index (χ4n) is 2.65. The van der Waals surface area contributed by atoms with Crippen molar-refractivity contribution in [2.24, 2.45) is 0 Å². The summed E-state index contributed by atoms with van der Waals surface area (Å²) in [6, 6.07) is 18.5. The molecule has 0 saturated heterocycles. The van der Waals surface area contributed by atoms with Gasteiger partial charge in [0.15, 0.2) is 0 Å². The molecule has 1 unspecified atom stereocenters. The Balaban J connectivity index is 2.00. The van der Waals surface area contributed by atoms with Gasteiger partial charge in [-0.25, -0.2) is 13.2 Å². The highest BCUT2D eigenvalue weighted by Gasteiger charge is 2.11. The second-order valence-electron chi connectivity index (χ2n) is 6.12. The largest absolute Gasteiger partial charge is 0.207 e. The number of allylic oxidation sites excluding steroid dienone is 2. The summed E-state index contributed by atoms with van der Waals surface area (Å²) in [5.74, 6) is -1.14. The van der Waals surface area contributed by atoms with Crippen molar-refractivity contribution in [2.45, 2.75) is 5.92 Å². The lowest BCUT2D eigenvalue weighted by molar-refractivity contribution is 0.627. The molecule has 0 amide bonds. The lowest BCUT2D eigenvalue weighted by Gasteiger charge is -2.12. The molecule has 0 saturated carbocycles. The van der Waals surface area contributed by atoms with Gasteiger partial charge in [-0.3, -0.25) is 0 Å². The van der Waals surface area contributed by atoms with Crippen LogP contribution in [0, 0.1) is 17.5 Å². The molecule has 1 atom stereocenters. The summed E-state index contributed by atoms with van der Waals surface area (Å²) in [6.07, 6.45) is 3.90. The average Bonchev–Trinajstić information content (AvgIpc) is 2.69. The number of hydrogen-bond donors (Lipinski definition) is 0. The number of hydrogen-bond acceptors (Lipinski definition) is 0. The topological polar surface area (TPSA) is 0 Å². The number of halogens is 5. The lowest BCUT2D eigenvalue weighted by atomic mass is 9.96. The van der Waals surface area contributed by atoms with Crippen molar-refractivity contribution in [3.63, 3.8) is 0 Å². The van der Waals surface area contributed by atoms with Crippen molar-refractivity contribution < 1.29 is 13.2 Å². The average molecular weight is 508 g/mol. The number of benzene rings is 3. The quantitative estimate of drug-likeness (QED) is 0.327. The zero-order valence-corrected chi connectivity index (χ0v) is 17.7. The summed E-state index contributed by atoms with van der Waals surface area (Å²) in [6.45, 7) is 0. The Bertz CT molecular complexity index is 928. The molecule has 3 aromatic carbocycles. The molecule has 142 valence electrons. The predicted octanol–water partition coefficient (Wildman–Crippen LogP) is 8.06. The first kappa shape index (κ1) is 20.6. The highest BCUT2D eigenvalue weighted by Crippen LogP contribution is 2.33. The Morgan fingerprint density at radius 3 is 1.25 bits per heavy atom. The Hall–Kier alpha value is -2.11. The van der Waals surface area contributed by atoms with Crippen LogP contribution in [0.2, 0.25) is 0 Å². The van der Waals surface area contributed by atoms with Crippen LogP contribution in [0.1, 0.15) is 22.6 Å². The van der Waals surface area contributed by atoms with E-state index >= 15 is 0 Å². The van der Waals surface area contributed by atoms with Crippen LogP contribution in [0.25, 0.3) is 8.96 Å². The van der Waals surface area contributed by atoms with E-state index in [0.717, 1.165) is 25.7 Å². The molecule has 0 bridgehead atoms. The smallest absolute Gasteiger partial charge is 0.123 e. The fourth-order valence-corrected chi connectivity index (χ4v) is 3.75. The van der Waals surface area contributed by atoms with Crippen LogP contribution >= 0.6 is 31.9 Å². The molecule has 0 aliphatic rings. The van der Waals surface area contributed by atoms with Gasteiger partial charge in [0, 0.05) is 14.9 Å². The maximum atomic E-state index is 13.4. The van der Waals surface area contributed by atoms with Gasteiger partial charge < -0.3 is 0 Å². The molecule has 0 aliphatic heterocycles. The number of rotatable bonds is 5. The van der Waals surface area contributed by atoms with Gasteiger partial charge in [-0.15, -0.1) is 0 Å². The Morgan fingerprint density at radius 2 is 0.893 bits per heavy atom. The van der Waals surface area contributed by atoms with E-state index in [0.29, 0.717) is 0 Å². The van der Waals surface area contributed by atoms with E-state index in [1.807, 2.05) is 12.2 Å². The second kappa shape index (κ2) is 9.39. The third-order valence-corrected chi connectivity index (χ3v) is 5.59. The van der Waals surface area contributed by atoms with E-state index in [-0.39, 0.29) is 23.4 Å². The molecule has 0 heterocycles. The maximum absolute atomic E-state index is 13.4. The second-order valence-corrected chi connectivity index (χ2v) is 7.83. The predicted molar refractivity (Wildman–Crippen MR) is 116 cm³/mol. The summed E-state index contributed by atoms with van der Waals surface area (Å²) in [5.41, 5.74) is 2.51. The summed E-state index contributed by atoms with van der Waals surface area (Å²) in [4.78, 5) is 0. The molecule has 0 N–H and O–H groups in total. The van der Waals surface area contributed by atoms with Gasteiger partial charge >= 0.3 is 0 Å². The Kier molecular flexibility index (Phi) is 6.92. The van der Waals surface area contributed by atoms with E-state index in [4.69, 9.17) is 0 Å². The Labute approximate surface area is 178 Å². The monoisotopic (exact) mass is 506 g/mol. The molecule has 0 nitrogen and oxygen atoms in total.